The monoisotopic (exact) mass is 160 g/mol. The summed E-state index contributed by atoms with van der Waals surface area (Å²) in [6.45, 7) is 3.67. The molecule has 12 heavy (non-hydrogen) atoms. The molecule has 0 amide bonds. The van der Waals surface area contributed by atoms with E-state index in [0.717, 1.165) is 11.2 Å². The molecule has 0 radical (unpaired) electrons. The lowest BCUT2D eigenvalue weighted by Gasteiger charge is -1.98. The van der Waals surface area contributed by atoms with Crippen LogP contribution in [0.15, 0.2) is 25.0 Å². The minimum Gasteiger partial charge on any atom is -0.382 e. The normalized spacial score (nSPS) is 10.3. The second-order valence-corrected chi connectivity index (χ2v) is 2.42. The molecular weight excluding hydrogens is 152 g/mol. The van der Waals surface area contributed by atoms with E-state index in [0.29, 0.717) is 5.82 Å². The zero-order chi connectivity index (χ0) is 8.55. The molecular formula is C8H8N4. The summed E-state index contributed by atoms with van der Waals surface area (Å²) >= 11 is 0. The van der Waals surface area contributed by atoms with E-state index < -0.39 is 0 Å². The molecule has 0 aliphatic heterocycles. The van der Waals surface area contributed by atoms with Gasteiger partial charge in [0, 0.05) is 18.0 Å². The first-order valence-corrected chi connectivity index (χ1v) is 3.53. The van der Waals surface area contributed by atoms with Crippen LogP contribution in [-0.2, 0) is 0 Å². The largest absolute Gasteiger partial charge is 0.382 e. The fraction of sp³-hybridized carbons (Fsp3) is 0. The third kappa shape index (κ3) is 0.852. The Morgan fingerprint density at radius 3 is 3.17 bits per heavy atom. The molecule has 0 aliphatic rings. The topological polar surface area (TPSA) is 56.2 Å². The van der Waals surface area contributed by atoms with Crippen molar-refractivity contribution in [2.75, 3.05) is 5.73 Å². The number of fused-ring (bicyclic) bond motifs is 1. The van der Waals surface area contributed by atoms with Gasteiger partial charge in [-0.05, 0) is 6.07 Å². The molecule has 2 heterocycles. The van der Waals surface area contributed by atoms with Crippen LogP contribution in [0.25, 0.3) is 11.7 Å². The van der Waals surface area contributed by atoms with E-state index >= 15 is 0 Å². The van der Waals surface area contributed by atoms with E-state index in [1.807, 2.05) is 0 Å². The molecule has 0 saturated carbocycles. The van der Waals surface area contributed by atoms with Crippen LogP contribution in [-0.4, -0.2) is 14.6 Å². The predicted octanol–water partition coefficient (Wildman–Crippen LogP) is 0.955. The molecule has 0 atom stereocenters. The highest BCUT2D eigenvalue weighted by atomic mass is 15.3. The lowest BCUT2D eigenvalue weighted by Crippen LogP contribution is -1.98. The van der Waals surface area contributed by atoms with Crippen molar-refractivity contribution in [3.8, 4) is 0 Å². The van der Waals surface area contributed by atoms with E-state index in [-0.39, 0.29) is 0 Å². The summed E-state index contributed by atoms with van der Waals surface area (Å²) in [5, 5.41) is 4.03. The first-order valence-electron chi connectivity index (χ1n) is 3.53. The Hall–Kier alpha value is -1.84. The van der Waals surface area contributed by atoms with Crippen molar-refractivity contribution in [3.63, 3.8) is 0 Å². The Labute approximate surface area is 69.3 Å². The van der Waals surface area contributed by atoms with Crippen molar-refractivity contribution >= 4 is 17.5 Å². The molecule has 0 bridgehead atoms. The fourth-order valence-electron chi connectivity index (χ4n) is 1.11. The zero-order valence-electron chi connectivity index (χ0n) is 6.44. The Balaban J connectivity index is 2.88. The number of nitrogen functional groups attached to an aromatic ring is 1. The molecule has 4 heteroatoms. The first-order chi connectivity index (χ1) is 5.81. The summed E-state index contributed by atoms with van der Waals surface area (Å²) < 4.78 is 1.63. The molecule has 2 N–H and O–H groups in total. The van der Waals surface area contributed by atoms with Crippen LogP contribution in [0, 0.1) is 0 Å². The van der Waals surface area contributed by atoms with Gasteiger partial charge in [-0.2, -0.15) is 0 Å². The minimum absolute atomic E-state index is 0.468. The summed E-state index contributed by atoms with van der Waals surface area (Å²) in [6.07, 6.45) is 5.13. The van der Waals surface area contributed by atoms with Gasteiger partial charge in [0.2, 0.25) is 0 Å². The molecule has 60 valence electrons. The molecule has 0 spiro atoms. The van der Waals surface area contributed by atoms with Gasteiger partial charge in [-0.1, -0.05) is 12.7 Å². The molecule has 0 aromatic carbocycles. The third-order valence-corrected chi connectivity index (χ3v) is 1.63. The Bertz CT molecular complexity index is 430. The number of imidazole rings is 1. The van der Waals surface area contributed by atoms with Crippen LogP contribution in [0.4, 0.5) is 5.82 Å². The van der Waals surface area contributed by atoms with E-state index in [4.69, 9.17) is 5.73 Å². The van der Waals surface area contributed by atoms with Gasteiger partial charge in [-0.3, -0.25) is 0 Å². The van der Waals surface area contributed by atoms with Crippen molar-refractivity contribution in [1.29, 1.82) is 0 Å². The van der Waals surface area contributed by atoms with E-state index in [1.165, 1.54) is 0 Å². The van der Waals surface area contributed by atoms with Gasteiger partial charge in [0.25, 0.3) is 0 Å². The van der Waals surface area contributed by atoms with Gasteiger partial charge in [0.1, 0.15) is 5.82 Å². The van der Waals surface area contributed by atoms with Gasteiger partial charge in [0.15, 0.2) is 5.65 Å². The van der Waals surface area contributed by atoms with Crippen molar-refractivity contribution in [1.82, 2.24) is 14.6 Å². The second kappa shape index (κ2) is 2.34. The quantitative estimate of drug-likeness (QED) is 0.675. The van der Waals surface area contributed by atoms with Crippen molar-refractivity contribution in [3.05, 3.63) is 30.6 Å². The number of anilines is 1. The minimum atomic E-state index is 0.468. The average molecular weight is 160 g/mol. The molecule has 4 nitrogen and oxygen atoms in total. The van der Waals surface area contributed by atoms with E-state index in [1.54, 1.807) is 29.1 Å². The molecule has 0 saturated heterocycles. The van der Waals surface area contributed by atoms with E-state index in [2.05, 4.69) is 16.7 Å². The zero-order valence-corrected chi connectivity index (χ0v) is 6.44. The second-order valence-electron chi connectivity index (χ2n) is 2.42. The van der Waals surface area contributed by atoms with Crippen molar-refractivity contribution < 1.29 is 0 Å². The maximum absolute atomic E-state index is 5.55. The molecule has 2 aromatic heterocycles. The number of hydrogen-bond donors (Lipinski definition) is 1. The smallest absolute Gasteiger partial charge is 0.160 e. The van der Waals surface area contributed by atoms with Gasteiger partial charge in [-0.15, -0.1) is 5.10 Å². The van der Waals surface area contributed by atoms with Crippen LogP contribution in [0.2, 0.25) is 0 Å². The lowest BCUT2D eigenvalue weighted by molar-refractivity contribution is 0.943. The van der Waals surface area contributed by atoms with Gasteiger partial charge in [0.05, 0.1) is 0 Å². The average Bonchev–Trinajstić information content (AvgIpc) is 2.50. The molecule has 0 aliphatic carbocycles. The molecule has 2 aromatic rings. The summed E-state index contributed by atoms with van der Waals surface area (Å²) in [5.74, 6) is 0.468. The van der Waals surface area contributed by atoms with Crippen LogP contribution in [0.1, 0.15) is 5.56 Å². The first kappa shape index (κ1) is 6.84. The number of nitrogens with two attached hydrogens (primary N) is 1. The summed E-state index contributed by atoms with van der Waals surface area (Å²) in [6, 6.07) is 1.75. The highest BCUT2D eigenvalue weighted by molar-refractivity contribution is 5.66. The number of aromatic nitrogens is 3. The number of nitrogens with zero attached hydrogens (tertiary/aromatic N) is 3. The van der Waals surface area contributed by atoms with Crippen LogP contribution >= 0.6 is 0 Å². The summed E-state index contributed by atoms with van der Waals surface area (Å²) in [4.78, 5) is 4.10. The number of hydrogen-bond acceptors (Lipinski definition) is 3. The Morgan fingerprint density at radius 2 is 2.42 bits per heavy atom. The number of rotatable bonds is 1. The van der Waals surface area contributed by atoms with Gasteiger partial charge in [-0.25, -0.2) is 9.50 Å². The van der Waals surface area contributed by atoms with Crippen LogP contribution in [0.5, 0.6) is 0 Å². The Morgan fingerprint density at radius 1 is 1.58 bits per heavy atom. The highest BCUT2D eigenvalue weighted by Crippen LogP contribution is 2.11. The maximum atomic E-state index is 5.55. The van der Waals surface area contributed by atoms with E-state index in [9.17, 15) is 0 Å². The molecule has 0 unspecified atom stereocenters. The third-order valence-electron chi connectivity index (χ3n) is 1.63. The van der Waals surface area contributed by atoms with Crippen LogP contribution < -0.4 is 5.73 Å². The maximum Gasteiger partial charge on any atom is 0.160 e. The van der Waals surface area contributed by atoms with Crippen molar-refractivity contribution in [2.24, 2.45) is 0 Å². The molecule has 2 rings (SSSR count). The summed E-state index contributed by atoms with van der Waals surface area (Å²) in [5.41, 5.74) is 7.22. The molecule has 0 fully saturated rings. The Kier molecular flexibility index (Phi) is 1.33. The highest BCUT2D eigenvalue weighted by Gasteiger charge is 2.00. The fourth-order valence-corrected chi connectivity index (χ4v) is 1.11. The standard InChI is InChI=1S/C8H8N4/c1-2-6-5-7(9)11-12-4-3-10-8(6)12/h2-5H,1H2,(H2,9,11). The van der Waals surface area contributed by atoms with Crippen molar-refractivity contribution in [2.45, 2.75) is 0 Å². The predicted molar refractivity (Wildman–Crippen MR) is 47.5 cm³/mol. The summed E-state index contributed by atoms with van der Waals surface area (Å²) in [7, 11) is 0. The van der Waals surface area contributed by atoms with Crippen LogP contribution in [0.3, 0.4) is 0 Å². The van der Waals surface area contributed by atoms with Gasteiger partial charge >= 0.3 is 0 Å². The lowest BCUT2D eigenvalue weighted by atomic mass is 10.3. The SMILES string of the molecule is C=Cc1cc(N)nn2ccnc12. The van der Waals surface area contributed by atoms with Gasteiger partial charge < -0.3 is 5.73 Å².